The van der Waals surface area contributed by atoms with Crippen LogP contribution >= 0.6 is 0 Å². The molecule has 1 fully saturated rings. The summed E-state index contributed by atoms with van der Waals surface area (Å²) in [7, 11) is -3.37. The largest absolute Gasteiger partial charge is 0.379 e. The molecule has 6 heteroatoms. The van der Waals surface area contributed by atoms with Crippen molar-refractivity contribution in [2.45, 2.75) is 11.4 Å². The fourth-order valence-electron chi connectivity index (χ4n) is 1.73. The minimum absolute atomic E-state index is 0.316. The molecule has 5 nitrogen and oxygen atoms in total. The molecule has 0 atom stereocenters. The van der Waals surface area contributed by atoms with Gasteiger partial charge in [0.15, 0.2) is 0 Å². The molecule has 0 unspecified atom stereocenters. The number of benzene rings is 1. The highest BCUT2D eigenvalue weighted by Gasteiger charge is 2.25. The summed E-state index contributed by atoms with van der Waals surface area (Å²) in [5, 5.41) is 0. The third kappa shape index (κ3) is 2.66. The van der Waals surface area contributed by atoms with Gasteiger partial charge in [-0.15, -0.1) is 0 Å². The topological polar surface area (TPSA) is 72.6 Å². The lowest BCUT2D eigenvalue weighted by Crippen LogP contribution is -2.40. The van der Waals surface area contributed by atoms with Crippen LogP contribution in [0.4, 0.5) is 0 Å². The predicted octanol–water partition coefficient (Wildman–Crippen LogP) is 0.166. The molecule has 2 N–H and O–H groups in total. The second-order valence-corrected chi connectivity index (χ2v) is 5.80. The summed E-state index contributed by atoms with van der Waals surface area (Å²) in [5.41, 5.74) is 6.40. The van der Waals surface area contributed by atoms with Crippen LogP contribution < -0.4 is 5.73 Å². The van der Waals surface area contributed by atoms with Gasteiger partial charge in [0.05, 0.1) is 18.1 Å². The lowest BCUT2D eigenvalue weighted by Gasteiger charge is -2.26. The first-order valence-electron chi connectivity index (χ1n) is 5.51. The number of rotatable bonds is 3. The first-order valence-corrected chi connectivity index (χ1v) is 6.95. The number of nitrogens with two attached hydrogens (primary N) is 1. The lowest BCUT2D eigenvalue weighted by molar-refractivity contribution is 0.0730. The average Bonchev–Trinajstić information content (AvgIpc) is 2.40. The Morgan fingerprint density at radius 2 is 1.76 bits per heavy atom. The number of morpholine rings is 1. The van der Waals surface area contributed by atoms with Gasteiger partial charge in [-0.05, 0) is 17.7 Å². The minimum atomic E-state index is -3.37. The van der Waals surface area contributed by atoms with Crippen LogP contribution in [0.15, 0.2) is 29.2 Å². The molecule has 0 saturated carbocycles. The lowest BCUT2D eigenvalue weighted by atomic mass is 10.2. The van der Waals surface area contributed by atoms with Crippen molar-refractivity contribution in [2.24, 2.45) is 5.73 Å². The molecule has 0 aliphatic carbocycles. The van der Waals surface area contributed by atoms with Crippen molar-refractivity contribution in [3.8, 4) is 0 Å². The zero-order valence-electron chi connectivity index (χ0n) is 9.50. The summed E-state index contributed by atoms with van der Waals surface area (Å²) < 4.78 is 31.0. The normalized spacial score (nSPS) is 18.2. The molecule has 0 amide bonds. The SMILES string of the molecule is NCc1ccc(S(=O)(=O)N2CCOCC2)cc1. The molecule has 1 aliphatic rings. The fraction of sp³-hybridized carbons (Fsp3) is 0.455. The van der Waals surface area contributed by atoms with Gasteiger partial charge in [0.1, 0.15) is 0 Å². The maximum absolute atomic E-state index is 12.2. The van der Waals surface area contributed by atoms with E-state index in [9.17, 15) is 8.42 Å². The molecule has 1 aromatic rings. The van der Waals surface area contributed by atoms with Crippen LogP contribution in [0.25, 0.3) is 0 Å². The Morgan fingerprint density at radius 3 is 2.29 bits per heavy atom. The van der Waals surface area contributed by atoms with Gasteiger partial charge < -0.3 is 10.5 Å². The molecule has 0 aromatic heterocycles. The number of hydrogen-bond donors (Lipinski definition) is 1. The molecular formula is C11H16N2O3S. The van der Waals surface area contributed by atoms with E-state index in [0.717, 1.165) is 5.56 Å². The maximum Gasteiger partial charge on any atom is 0.243 e. The molecule has 17 heavy (non-hydrogen) atoms. The Morgan fingerprint density at radius 1 is 1.18 bits per heavy atom. The van der Waals surface area contributed by atoms with Gasteiger partial charge in [-0.3, -0.25) is 0 Å². The molecular weight excluding hydrogens is 240 g/mol. The first-order chi connectivity index (χ1) is 8.14. The highest BCUT2D eigenvalue weighted by atomic mass is 32.2. The van der Waals surface area contributed by atoms with E-state index in [-0.39, 0.29) is 0 Å². The second kappa shape index (κ2) is 5.14. The zero-order chi connectivity index (χ0) is 12.3. The smallest absolute Gasteiger partial charge is 0.243 e. The van der Waals surface area contributed by atoms with Crippen LogP contribution in [0.1, 0.15) is 5.56 Å². The summed E-state index contributed by atoms with van der Waals surface area (Å²) in [4.78, 5) is 0.316. The van der Waals surface area contributed by atoms with Gasteiger partial charge in [0, 0.05) is 19.6 Å². The summed E-state index contributed by atoms with van der Waals surface area (Å²) in [6.45, 7) is 2.17. The Balaban J connectivity index is 2.23. The van der Waals surface area contributed by atoms with Crippen LogP contribution in [-0.2, 0) is 21.3 Å². The number of ether oxygens (including phenoxy) is 1. The third-order valence-electron chi connectivity index (χ3n) is 2.77. The van der Waals surface area contributed by atoms with Crippen LogP contribution in [-0.4, -0.2) is 39.0 Å². The quantitative estimate of drug-likeness (QED) is 0.836. The first kappa shape index (κ1) is 12.5. The predicted molar refractivity (Wildman–Crippen MR) is 63.9 cm³/mol. The third-order valence-corrected chi connectivity index (χ3v) is 4.68. The Kier molecular flexibility index (Phi) is 3.78. The summed E-state index contributed by atoms with van der Waals surface area (Å²) >= 11 is 0. The average molecular weight is 256 g/mol. The highest BCUT2D eigenvalue weighted by Crippen LogP contribution is 2.17. The van der Waals surface area contributed by atoms with E-state index >= 15 is 0 Å². The van der Waals surface area contributed by atoms with Crippen molar-refractivity contribution in [1.82, 2.24) is 4.31 Å². The van der Waals surface area contributed by atoms with Crippen molar-refractivity contribution < 1.29 is 13.2 Å². The summed E-state index contributed by atoms with van der Waals surface area (Å²) in [5.74, 6) is 0. The number of sulfonamides is 1. The molecule has 1 aromatic carbocycles. The van der Waals surface area contributed by atoms with Gasteiger partial charge in [0.25, 0.3) is 0 Å². The Labute approximate surface area is 101 Å². The Bertz CT molecular complexity index is 464. The van der Waals surface area contributed by atoms with Gasteiger partial charge in [-0.2, -0.15) is 4.31 Å². The molecule has 0 radical (unpaired) electrons. The van der Waals surface area contributed by atoms with Crippen LogP contribution in [0.5, 0.6) is 0 Å². The van der Waals surface area contributed by atoms with E-state index in [4.69, 9.17) is 10.5 Å². The molecule has 94 valence electrons. The van der Waals surface area contributed by atoms with E-state index in [1.807, 2.05) is 0 Å². The number of nitrogens with zero attached hydrogens (tertiary/aromatic N) is 1. The second-order valence-electron chi connectivity index (χ2n) is 3.86. The highest BCUT2D eigenvalue weighted by molar-refractivity contribution is 7.89. The number of hydrogen-bond acceptors (Lipinski definition) is 4. The van der Waals surface area contributed by atoms with Crippen molar-refractivity contribution >= 4 is 10.0 Å². The molecule has 1 heterocycles. The van der Waals surface area contributed by atoms with Crippen LogP contribution in [0, 0.1) is 0 Å². The fourth-order valence-corrected chi connectivity index (χ4v) is 3.14. The van der Waals surface area contributed by atoms with Crippen molar-refractivity contribution in [2.75, 3.05) is 26.3 Å². The van der Waals surface area contributed by atoms with Gasteiger partial charge in [-0.25, -0.2) is 8.42 Å². The molecule has 2 rings (SSSR count). The van der Waals surface area contributed by atoms with Gasteiger partial charge in [-0.1, -0.05) is 12.1 Å². The minimum Gasteiger partial charge on any atom is -0.379 e. The van der Waals surface area contributed by atoms with E-state index in [2.05, 4.69) is 0 Å². The zero-order valence-corrected chi connectivity index (χ0v) is 10.3. The molecule has 0 bridgehead atoms. The van der Waals surface area contributed by atoms with Crippen molar-refractivity contribution in [3.63, 3.8) is 0 Å². The van der Waals surface area contributed by atoms with E-state index in [0.29, 0.717) is 37.7 Å². The van der Waals surface area contributed by atoms with E-state index in [1.165, 1.54) is 4.31 Å². The van der Waals surface area contributed by atoms with Crippen molar-refractivity contribution in [1.29, 1.82) is 0 Å². The monoisotopic (exact) mass is 256 g/mol. The summed E-state index contributed by atoms with van der Waals surface area (Å²) in [6, 6.07) is 6.70. The Hall–Kier alpha value is -0.950. The van der Waals surface area contributed by atoms with Crippen LogP contribution in [0.3, 0.4) is 0 Å². The summed E-state index contributed by atoms with van der Waals surface area (Å²) in [6.07, 6.45) is 0. The molecule has 1 saturated heterocycles. The van der Waals surface area contributed by atoms with Gasteiger partial charge in [0.2, 0.25) is 10.0 Å². The van der Waals surface area contributed by atoms with E-state index in [1.54, 1.807) is 24.3 Å². The van der Waals surface area contributed by atoms with E-state index < -0.39 is 10.0 Å². The van der Waals surface area contributed by atoms with Crippen molar-refractivity contribution in [3.05, 3.63) is 29.8 Å². The standard InChI is InChI=1S/C11H16N2O3S/c12-9-10-1-3-11(4-2-10)17(14,15)13-5-7-16-8-6-13/h1-4H,5-9,12H2. The molecule has 1 aliphatic heterocycles. The maximum atomic E-state index is 12.2. The van der Waals surface area contributed by atoms with Crippen LogP contribution in [0.2, 0.25) is 0 Å². The van der Waals surface area contributed by atoms with Gasteiger partial charge >= 0.3 is 0 Å². The molecule has 0 spiro atoms.